The normalized spacial score (nSPS) is 15.0. The van der Waals surface area contributed by atoms with E-state index >= 15 is 0 Å². The van der Waals surface area contributed by atoms with Gasteiger partial charge in [-0.15, -0.1) is 0 Å². The van der Waals surface area contributed by atoms with Crippen LogP contribution in [0.4, 0.5) is 10.1 Å². The molecule has 2 aromatic carbocycles. The van der Waals surface area contributed by atoms with E-state index in [9.17, 15) is 14.0 Å². The molecule has 8 heteroatoms. The maximum Gasteiger partial charge on any atom is 0.267 e. The van der Waals surface area contributed by atoms with Gasteiger partial charge in [0.25, 0.3) is 5.56 Å². The number of rotatable bonds is 4. The van der Waals surface area contributed by atoms with Gasteiger partial charge < -0.3 is 9.80 Å². The van der Waals surface area contributed by atoms with Crippen LogP contribution in [0.15, 0.2) is 59.4 Å². The molecule has 0 bridgehead atoms. The predicted octanol–water partition coefficient (Wildman–Crippen LogP) is 3.92. The van der Waals surface area contributed by atoms with Crippen LogP contribution in [0.5, 0.6) is 0 Å². The van der Waals surface area contributed by atoms with Crippen LogP contribution in [0.1, 0.15) is 18.5 Å². The molecule has 0 saturated carbocycles. The van der Waals surface area contributed by atoms with Gasteiger partial charge in [0, 0.05) is 48.5 Å². The number of aryl methyl sites for hydroxylation is 1. The third-order valence-corrected chi connectivity index (χ3v) is 6.03. The average molecular weight is 455 g/mol. The Kier molecular flexibility index (Phi) is 6.28. The molecule has 1 aromatic heterocycles. The summed E-state index contributed by atoms with van der Waals surface area (Å²) in [5.74, 6) is -0.504. The van der Waals surface area contributed by atoms with E-state index in [-0.39, 0.29) is 17.3 Å². The van der Waals surface area contributed by atoms with Gasteiger partial charge >= 0.3 is 0 Å². The van der Waals surface area contributed by atoms with Crippen LogP contribution in [0, 0.1) is 12.7 Å². The highest BCUT2D eigenvalue weighted by Crippen LogP contribution is 2.26. The van der Waals surface area contributed by atoms with Crippen LogP contribution >= 0.6 is 11.6 Å². The number of benzene rings is 2. The topological polar surface area (TPSA) is 58.4 Å². The monoisotopic (exact) mass is 454 g/mol. The molecule has 3 aromatic rings. The first-order valence-electron chi connectivity index (χ1n) is 10.5. The average Bonchev–Trinajstić information content (AvgIpc) is 2.81. The highest BCUT2D eigenvalue weighted by atomic mass is 35.5. The molecule has 1 unspecified atom stereocenters. The van der Waals surface area contributed by atoms with Crippen molar-refractivity contribution >= 4 is 23.2 Å². The third-order valence-electron chi connectivity index (χ3n) is 5.79. The Morgan fingerprint density at radius 2 is 1.72 bits per heavy atom. The molecule has 4 rings (SSSR count). The van der Waals surface area contributed by atoms with Crippen LogP contribution in [-0.4, -0.2) is 46.8 Å². The lowest BCUT2D eigenvalue weighted by atomic mass is 10.1. The van der Waals surface area contributed by atoms with E-state index in [0.29, 0.717) is 42.5 Å². The molecule has 1 amide bonds. The minimum Gasteiger partial charge on any atom is -0.368 e. The number of hydrogen-bond donors (Lipinski definition) is 0. The van der Waals surface area contributed by atoms with E-state index in [1.807, 2.05) is 25.1 Å². The van der Waals surface area contributed by atoms with E-state index in [2.05, 4.69) is 10.00 Å². The van der Waals surface area contributed by atoms with Gasteiger partial charge in [-0.25, -0.2) is 9.07 Å². The molecule has 1 aliphatic rings. The lowest BCUT2D eigenvalue weighted by Crippen LogP contribution is -2.51. The van der Waals surface area contributed by atoms with Crippen LogP contribution in [0.3, 0.4) is 0 Å². The smallest absolute Gasteiger partial charge is 0.267 e. The van der Waals surface area contributed by atoms with Gasteiger partial charge in [-0.3, -0.25) is 9.59 Å². The Balaban J connectivity index is 1.48. The van der Waals surface area contributed by atoms with Crippen molar-refractivity contribution in [2.75, 3.05) is 31.1 Å². The molecule has 166 valence electrons. The Morgan fingerprint density at radius 1 is 1.03 bits per heavy atom. The van der Waals surface area contributed by atoms with Crippen LogP contribution in [0.2, 0.25) is 5.02 Å². The second-order valence-electron chi connectivity index (χ2n) is 7.93. The molecular formula is C24H24ClFN4O2. The number of anilines is 1. The number of amides is 1. The van der Waals surface area contributed by atoms with E-state index in [0.717, 1.165) is 11.3 Å². The molecule has 1 atom stereocenters. The summed E-state index contributed by atoms with van der Waals surface area (Å²) < 4.78 is 14.4. The Morgan fingerprint density at radius 3 is 2.41 bits per heavy atom. The van der Waals surface area contributed by atoms with E-state index < -0.39 is 6.04 Å². The number of nitrogens with zero attached hydrogens (tertiary/aromatic N) is 4. The summed E-state index contributed by atoms with van der Waals surface area (Å²) in [6, 6.07) is 13.9. The van der Waals surface area contributed by atoms with Crippen molar-refractivity contribution < 1.29 is 9.18 Å². The summed E-state index contributed by atoms with van der Waals surface area (Å²) >= 11 is 6.16. The van der Waals surface area contributed by atoms with Gasteiger partial charge in [-0.1, -0.05) is 17.7 Å². The molecule has 1 saturated heterocycles. The first-order chi connectivity index (χ1) is 15.3. The van der Waals surface area contributed by atoms with Crippen LogP contribution in [0.25, 0.3) is 11.3 Å². The van der Waals surface area contributed by atoms with Crippen molar-refractivity contribution in [3.63, 3.8) is 0 Å². The van der Waals surface area contributed by atoms with Gasteiger partial charge in [0.2, 0.25) is 5.91 Å². The fourth-order valence-corrected chi connectivity index (χ4v) is 4.10. The van der Waals surface area contributed by atoms with Crippen molar-refractivity contribution in [1.29, 1.82) is 0 Å². The molecule has 0 radical (unpaired) electrons. The molecule has 6 nitrogen and oxygen atoms in total. The highest BCUT2D eigenvalue weighted by molar-refractivity contribution is 6.30. The van der Waals surface area contributed by atoms with E-state index in [1.165, 1.54) is 22.9 Å². The summed E-state index contributed by atoms with van der Waals surface area (Å²) in [6.45, 7) is 6.16. The maximum absolute atomic E-state index is 13.2. The number of hydrogen-bond acceptors (Lipinski definition) is 4. The zero-order valence-electron chi connectivity index (χ0n) is 18.0. The van der Waals surface area contributed by atoms with Crippen molar-refractivity contribution in [2.24, 2.45) is 0 Å². The Hall–Kier alpha value is -3.19. The van der Waals surface area contributed by atoms with Crippen molar-refractivity contribution in [3.05, 3.63) is 81.4 Å². The molecule has 1 aliphatic heterocycles. The number of carbonyl (C=O) groups excluding carboxylic acids is 1. The zero-order chi connectivity index (χ0) is 22.8. The largest absolute Gasteiger partial charge is 0.368 e. The van der Waals surface area contributed by atoms with Crippen molar-refractivity contribution in [3.8, 4) is 11.3 Å². The number of aromatic nitrogens is 2. The van der Waals surface area contributed by atoms with Gasteiger partial charge in [-0.05, 0) is 61.9 Å². The summed E-state index contributed by atoms with van der Waals surface area (Å²) in [4.78, 5) is 29.6. The van der Waals surface area contributed by atoms with Crippen LogP contribution in [-0.2, 0) is 4.79 Å². The molecule has 0 aliphatic carbocycles. The predicted molar refractivity (Wildman–Crippen MR) is 124 cm³/mol. The minimum atomic E-state index is -0.748. The highest BCUT2D eigenvalue weighted by Gasteiger charge is 2.27. The van der Waals surface area contributed by atoms with Gasteiger partial charge in [0.05, 0.1) is 5.69 Å². The minimum absolute atomic E-state index is 0.154. The molecular weight excluding hydrogens is 431 g/mol. The molecule has 0 spiro atoms. The molecule has 2 heterocycles. The summed E-state index contributed by atoms with van der Waals surface area (Å²) in [7, 11) is 0. The lowest BCUT2D eigenvalue weighted by molar-refractivity contribution is -0.135. The number of piperazine rings is 1. The summed E-state index contributed by atoms with van der Waals surface area (Å²) in [5.41, 5.74) is 3.03. The van der Waals surface area contributed by atoms with Crippen LogP contribution < -0.4 is 10.5 Å². The quantitative estimate of drug-likeness (QED) is 0.599. The van der Waals surface area contributed by atoms with Gasteiger partial charge in [0.1, 0.15) is 11.9 Å². The Bertz CT molecular complexity index is 1190. The first-order valence-corrected chi connectivity index (χ1v) is 10.9. The maximum atomic E-state index is 13.2. The zero-order valence-corrected chi connectivity index (χ0v) is 18.7. The van der Waals surface area contributed by atoms with Gasteiger partial charge in [-0.2, -0.15) is 5.10 Å². The lowest BCUT2D eigenvalue weighted by Gasteiger charge is -2.37. The fraction of sp³-hybridized carbons (Fsp3) is 0.292. The van der Waals surface area contributed by atoms with E-state index in [4.69, 9.17) is 11.6 Å². The fourth-order valence-electron chi connectivity index (χ4n) is 3.94. The first kappa shape index (κ1) is 22.0. The number of carbonyl (C=O) groups is 1. The van der Waals surface area contributed by atoms with E-state index in [1.54, 1.807) is 30.0 Å². The molecule has 1 fully saturated rings. The third kappa shape index (κ3) is 4.53. The number of halogens is 2. The molecule has 0 N–H and O–H groups in total. The van der Waals surface area contributed by atoms with Gasteiger partial charge in [0.15, 0.2) is 0 Å². The Labute approximate surface area is 190 Å². The summed E-state index contributed by atoms with van der Waals surface area (Å²) in [5, 5.41) is 5.07. The molecule has 32 heavy (non-hydrogen) atoms. The second kappa shape index (κ2) is 9.12. The SMILES string of the molecule is Cc1ccc(Cl)cc1N1CCN(C(=O)C(C)n2nc(-c3ccc(F)cc3)ccc2=O)CC1. The van der Waals surface area contributed by atoms with Crippen molar-refractivity contribution in [2.45, 2.75) is 19.9 Å². The standard InChI is InChI=1S/C24H24ClFN4O2/c1-16-3-6-19(25)15-22(16)28-11-13-29(14-12-28)24(32)17(2)30-23(31)10-9-21(27-30)18-4-7-20(26)8-5-18/h3-10,15,17H,11-14H2,1-2H3. The van der Waals surface area contributed by atoms with Crippen molar-refractivity contribution in [1.82, 2.24) is 14.7 Å². The summed E-state index contributed by atoms with van der Waals surface area (Å²) in [6.07, 6.45) is 0. The second-order valence-corrected chi connectivity index (χ2v) is 8.36.